The van der Waals surface area contributed by atoms with E-state index >= 15 is 0 Å². The molecule has 2 nitrogen and oxygen atoms in total. The van der Waals surface area contributed by atoms with Crippen LogP contribution in [0.1, 0.15) is 38.7 Å². The van der Waals surface area contributed by atoms with E-state index in [9.17, 15) is 0 Å². The summed E-state index contributed by atoms with van der Waals surface area (Å²) in [5.41, 5.74) is 4.08. The fourth-order valence-corrected chi connectivity index (χ4v) is 2.72. The molecule has 114 valence electrons. The highest BCUT2D eigenvalue weighted by molar-refractivity contribution is 5.84. The first-order valence-electron chi connectivity index (χ1n) is 8.14. The summed E-state index contributed by atoms with van der Waals surface area (Å²) in [5, 5.41) is 4.89. The molecule has 0 bridgehead atoms. The van der Waals surface area contributed by atoms with Crippen molar-refractivity contribution >= 4 is 10.9 Å². The molecule has 0 aliphatic carbocycles. The Hall–Kier alpha value is -1.54. The van der Waals surface area contributed by atoms with E-state index < -0.39 is 0 Å². The van der Waals surface area contributed by atoms with Crippen molar-refractivity contribution in [1.29, 1.82) is 0 Å². The summed E-state index contributed by atoms with van der Waals surface area (Å²) in [6.07, 6.45) is 6.95. The van der Waals surface area contributed by atoms with Gasteiger partial charge in [-0.1, -0.05) is 30.7 Å². The Bertz CT molecular complexity index is 580. The van der Waals surface area contributed by atoms with E-state index in [4.69, 9.17) is 0 Å². The summed E-state index contributed by atoms with van der Waals surface area (Å²) in [4.78, 5) is 0. The van der Waals surface area contributed by atoms with Crippen molar-refractivity contribution in [3.8, 4) is 0 Å². The highest BCUT2D eigenvalue weighted by Gasteiger charge is 2.07. The van der Waals surface area contributed by atoms with E-state index in [2.05, 4.69) is 60.8 Å². The molecule has 0 amide bonds. The second-order valence-corrected chi connectivity index (χ2v) is 5.93. The molecule has 0 saturated carbocycles. The van der Waals surface area contributed by atoms with Crippen LogP contribution in [0, 0.1) is 0 Å². The first-order chi connectivity index (χ1) is 10.2. The molecule has 1 heterocycles. The monoisotopic (exact) mass is 284 g/mol. The number of fused-ring (bicyclic) bond motifs is 1. The number of nitrogens with one attached hydrogen (secondary N) is 1. The molecule has 0 aliphatic rings. The quantitative estimate of drug-likeness (QED) is 0.528. The first kappa shape index (κ1) is 15.8. The predicted molar refractivity (Wildman–Crippen MR) is 92.9 cm³/mol. The molecule has 0 spiro atoms. The zero-order valence-electron chi connectivity index (χ0n) is 13.5. The summed E-state index contributed by atoms with van der Waals surface area (Å²) >= 11 is 0. The molecule has 1 N–H and O–H groups in total. The number of rotatable bonds is 9. The van der Waals surface area contributed by atoms with Crippen molar-refractivity contribution < 1.29 is 0 Å². The molecule has 0 saturated heterocycles. The van der Waals surface area contributed by atoms with Gasteiger partial charge >= 0.3 is 0 Å². The Labute approximate surface area is 128 Å². The Morgan fingerprint density at radius 3 is 2.81 bits per heavy atom. The molecule has 2 aromatic rings. The van der Waals surface area contributed by atoms with E-state index in [-0.39, 0.29) is 0 Å². The number of hydrogen-bond donors (Lipinski definition) is 1. The summed E-state index contributed by atoms with van der Waals surface area (Å²) in [6.45, 7) is 11.6. The van der Waals surface area contributed by atoms with E-state index in [0.29, 0.717) is 0 Å². The number of allylic oxidation sites excluding steroid dienone is 1. The van der Waals surface area contributed by atoms with E-state index in [1.54, 1.807) is 0 Å². The van der Waals surface area contributed by atoms with E-state index in [1.165, 1.54) is 34.9 Å². The normalized spacial score (nSPS) is 11.1. The fourth-order valence-electron chi connectivity index (χ4n) is 2.72. The van der Waals surface area contributed by atoms with Gasteiger partial charge in [-0.3, -0.25) is 0 Å². The number of aryl methyl sites for hydroxylation is 2. The number of hydrogen-bond acceptors (Lipinski definition) is 1. The van der Waals surface area contributed by atoms with E-state index in [0.717, 1.165) is 32.5 Å². The zero-order valence-corrected chi connectivity index (χ0v) is 13.5. The number of para-hydroxylation sites is 1. The van der Waals surface area contributed by atoms with Gasteiger partial charge in [0.05, 0.1) is 0 Å². The second-order valence-electron chi connectivity index (χ2n) is 5.93. The van der Waals surface area contributed by atoms with E-state index in [1.807, 2.05) is 0 Å². The van der Waals surface area contributed by atoms with Gasteiger partial charge in [0.15, 0.2) is 0 Å². The minimum Gasteiger partial charge on any atom is -0.347 e. The number of benzene rings is 1. The highest BCUT2D eigenvalue weighted by atomic mass is 15.0. The molecule has 1 aromatic carbocycles. The van der Waals surface area contributed by atoms with Crippen molar-refractivity contribution in [1.82, 2.24) is 9.88 Å². The number of aromatic nitrogens is 1. The maximum atomic E-state index is 4.01. The summed E-state index contributed by atoms with van der Waals surface area (Å²) < 4.78 is 2.39. The van der Waals surface area contributed by atoms with Crippen molar-refractivity contribution in [2.45, 2.75) is 46.1 Å². The maximum absolute atomic E-state index is 4.01. The zero-order chi connectivity index (χ0) is 15.1. The molecule has 2 rings (SSSR count). The molecule has 0 aliphatic heterocycles. The van der Waals surface area contributed by atoms with Crippen LogP contribution in [0.3, 0.4) is 0 Å². The van der Waals surface area contributed by atoms with Crippen LogP contribution in [0.25, 0.3) is 10.9 Å². The lowest BCUT2D eigenvalue weighted by Gasteiger charge is -2.04. The molecule has 0 fully saturated rings. The van der Waals surface area contributed by atoms with Gasteiger partial charge in [0.1, 0.15) is 0 Å². The van der Waals surface area contributed by atoms with Crippen molar-refractivity contribution in [2.24, 2.45) is 0 Å². The molecule has 21 heavy (non-hydrogen) atoms. The Morgan fingerprint density at radius 1 is 1.24 bits per heavy atom. The largest absolute Gasteiger partial charge is 0.347 e. The van der Waals surface area contributed by atoms with Crippen LogP contribution in [-0.4, -0.2) is 17.7 Å². The van der Waals surface area contributed by atoms with Crippen LogP contribution in [0.2, 0.25) is 0 Å². The molecule has 1 aromatic heterocycles. The van der Waals surface area contributed by atoms with Gasteiger partial charge < -0.3 is 9.88 Å². The van der Waals surface area contributed by atoms with Crippen molar-refractivity contribution in [2.75, 3.05) is 13.1 Å². The van der Waals surface area contributed by atoms with Crippen LogP contribution in [-0.2, 0) is 13.0 Å². The minimum atomic E-state index is 1.03. The van der Waals surface area contributed by atoms with Gasteiger partial charge in [-0.2, -0.15) is 0 Å². The molecule has 0 atom stereocenters. The minimum absolute atomic E-state index is 1.03. The lowest BCUT2D eigenvalue weighted by Crippen LogP contribution is -2.16. The van der Waals surface area contributed by atoms with Crippen molar-refractivity contribution in [3.63, 3.8) is 0 Å². The van der Waals surface area contributed by atoms with Gasteiger partial charge in [-0.05, 0) is 57.3 Å². The van der Waals surface area contributed by atoms with Gasteiger partial charge in [-0.15, -0.1) is 6.58 Å². The average molecular weight is 284 g/mol. The first-order valence-corrected chi connectivity index (χ1v) is 8.14. The van der Waals surface area contributed by atoms with Crippen LogP contribution in [0.5, 0.6) is 0 Å². The molecule has 0 unspecified atom stereocenters. The standard InChI is InChI=1S/C19H28N2/c1-4-12-20-13-7-8-17-15-21(14-11-16(2)3)19-10-6-5-9-18(17)19/h5-6,9-10,15,20H,2,4,7-8,11-14H2,1,3H3. The highest BCUT2D eigenvalue weighted by Crippen LogP contribution is 2.23. The smallest absolute Gasteiger partial charge is 0.0483 e. The van der Waals surface area contributed by atoms with Crippen LogP contribution < -0.4 is 5.32 Å². The molecular formula is C19H28N2. The van der Waals surface area contributed by atoms with Gasteiger partial charge in [0.25, 0.3) is 0 Å². The Kier molecular flexibility index (Phi) is 6.06. The third-order valence-corrected chi connectivity index (χ3v) is 3.88. The predicted octanol–water partition coefficient (Wildman–Crippen LogP) is 4.54. The second kappa shape index (κ2) is 8.04. The van der Waals surface area contributed by atoms with Crippen LogP contribution >= 0.6 is 0 Å². The number of nitrogens with zero attached hydrogens (tertiary/aromatic N) is 1. The average Bonchev–Trinajstić information content (AvgIpc) is 2.83. The maximum Gasteiger partial charge on any atom is 0.0483 e. The van der Waals surface area contributed by atoms with Gasteiger partial charge in [0, 0.05) is 23.6 Å². The SMILES string of the molecule is C=C(C)CCn1cc(CCCNCCC)c2ccccc21. The van der Waals surface area contributed by atoms with Crippen molar-refractivity contribution in [3.05, 3.63) is 48.2 Å². The fraction of sp³-hybridized carbons (Fsp3) is 0.474. The molecule has 0 radical (unpaired) electrons. The lowest BCUT2D eigenvalue weighted by atomic mass is 10.1. The Balaban J connectivity index is 2.06. The van der Waals surface area contributed by atoms with Crippen LogP contribution in [0.15, 0.2) is 42.6 Å². The summed E-state index contributed by atoms with van der Waals surface area (Å²) in [5.74, 6) is 0. The molecular weight excluding hydrogens is 256 g/mol. The summed E-state index contributed by atoms with van der Waals surface area (Å²) in [6, 6.07) is 8.75. The topological polar surface area (TPSA) is 17.0 Å². The third kappa shape index (κ3) is 4.47. The summed E-state index contributed by atoms with van der Waals surface area (Å²) in [7, 11) is 0. The van der Waals surface area contributed by atoms with Gasteiger partial charge in [0.2, 0.25) is 0 Å². The third-order valence-electron chi connectivity index (χ3n) is 3.88. The van der Waals surface area contributed by atoms with Crippen LogP contribution in [0.4, 0.5) is 0 Å². The molecule has 2 heteroatoms. The Morgan fingerprint density at radius 2 is 2.05 bits per heavy atom. The van der Waals surface area contributed by atoms with Gasteiger partial charge in [-0.25, -0.2) is 0 Å². The lowest BCUT2D eigenvalue weighted by molar-refractivity contribution is 0.639.